The average Bonchev–Trinajstić information content (AvgIpc) is 2.48. The summed E-state index contributed by atoms with van der Waals surface area (Å²) in [6.45, 7) is 2.65. The SMILES string of the molecule is CCOC(=O)/C=N/N1CCOC1=O. The summed E-state index contributed by atoms with van der Waals surface area (Å²) < 4.78 is 9.15. The molecule has 1 aliphatic heterocycles. The van der Waals surface area contributed by atoms with Gasteiger partial charge in [-0.15, -0.1) is 0 Å². The number of hydrogen-bond acceptors (Lipinski definition) is 5. The summed E-state index contributed by atoms with van der Waals surface area (Å²) in [4.78, 5) is 21.5. The zero-order chi connectivity index (χ0) is 9.68. The van der Waals surface area contributed by atoms with Crippen LogP contribution in [0.4, 0.5) is 4.79 Å². The maximum Gasteiger partial charge on any atom is 0.430 e. The molecule has 0 bridgehead atoms. The number of cyclic esters (lactones) is 1. The highest BCUT2D eigenvalue weighted by Gasteiger charge is 2.20. The van der Waals surface area contributed by atoms with Gasteiger partial charge in [0, 0.05) is 0 Å². The molecule has 0 N–H and O–H groups in total. The fraction of sp³-hybridized carbons (Fsp3) is 0.571. The van der Waals surface area contributed by atoms with E-state index in [-0.39, 0.29) is 6.61 Å². The van der Waals surface area contributed by atoms with E-state index in [1.165, 1.54) is 0 Å². The number of amides is 1. The topological polar surface area (TPSA) is 68.2 Å². The van der Waals surface area contributed by atoms with Gasteiger partial charge in [-0.05, 0) is 6.92 Å². The highest BCUT2D eigenvalue weighted by Crippen LogP contribution is 2.02. The summed E-state index contributed by atoms with van der Waals surface area (Å²) >= 11 is 0. The van der Waals surface area contributed by atoms with Crippen LogP contribution in [0.3, 0.4) is 0 Å². The number of esters is 1. The van der Waals surface area contributed by atoms with Gasteiger partial charge in [-0.25, -0.2) is 9.59 Å². The van der Waals surface area contributed by atoms with Crippen molar-refractivity contribution in [2.75, 3.05) is 19.8 Å². The van der Waals surface area contributed by atoms with Crippen LogP contribution in [0.25, 0.3) is 0 Å². The monoisotopic (exact) mass is 186 g/mol. The van der Waals surface area contributed by atoms with Gasteiger partial charge in [-0.3, -0.25) is 0 Å². The van der Waals surface area contributed by atoms with Crippen LogP contribution in [-0.2, 0) is 14.3 Å². The zero-order valence-electron chi connectivity index (χ0n) is 7.23. The third kappa shape index (κ3) is 2.73. The van der Waals surface area contributed by atoms with E-state index in [2.05, 4.69) is 14.6 Å². The fourth-order valence-electron chi connectivity index (χ4n) is 0.786. The Morgan fingerprint density at radius 3 is 3.15 bits per heavy atom. The second-order valence-corrected chi connectivity index (χ2v) is 2.23. The summed E-state index contributed by atoms with van der Waals surface area (Å²) in [6.07, 6.45) is 0.413. The van der Waals surface area contributed by atoms with Crippen molar-refractivity contribution in [3.8, 4) is 0 Å². The molecule has 13 heavy (non-hydrogen) atoms. The maximum atomic E-state index is 10.8. The second-order valence-electron chi connectivity index (χ2n) is 2.23. The molecule has 1 aliphatic rings. The van der Waals surface area contributed by atoms with Crippen molar-refractivity contribution < 1.29 is 19.1 Å². The van der Waals surface area contributed by atoms with Crippen LogP contribution in [0.1, 0.15) is 6.92 Å². The van der Waals surface area contributed by atoms with Crippen LogP contribution >= 0.6 is 0 Å². The minimum atomic E-state index is -0.567. The van der Waals surface area contributed by atoms with Crippen LogP contribution in [-0.4, -0.2) is 43.0 Å². The molecule has 0 aromatic heterocycles. The predicted octanol–water partition coefficient (Wildman–Crippen LogP) is -0.0125. The van der Waals surface area contributed by atoms with Gasteiger partial charge in [0.2, 0.25) is 0 Å². The van der Waals surface area contributed by atoms with Crippen molar-refractivity contribution in [1.29, 1.82) is 0 Å². The van der Waals surface area contributed by atoms with E-state index < -0.39 is 12.1 Å². The molecular formula is C7H10N2O4. The number of rotatable bonds is 3. The van der Waals surface area contributed by atoms with Crippen LogP contribution in [0.2, 0.25) is 0 Å². The van der Waals surface area contributed by atoms with Crippen LogP contribution in [0, 0.1) is 0 Å². The van der Waals surface area contributed by atoms with E-state index in [0.717, 1.165) is 11.2 Å². The van der Waals surface area contributed by atoms with E-state index in [0.29, 0.717) is 13.2 Å². The quantitative estimate of drug-likeness (QED) is 0.459. The molecule has 0 spiro atoms. The molecular weight excluding hydrogens is 176 g/mol. The van der Waals surface area contributed by atoms with Crippen molar-refractivity contribution in [2.45, 2.75) is 6.92 Å². The summed E-state index contributed by atoms with van der Waals surface area (Å²) in [5.41, 5.74) is 0. The van der Waals surface area contributed by atoms with Gasteiger partial charge in [-0.2, -0.15) is 10.1 Å². The molecule has 0 aromatic carbocycles. The largest absolute Gasteiger partial charge is 0.462 e. The summed E-state index contributed by atoms with van der Waals surface area (Å²) in [5, 5.41) is 4.65. The Balaban J connectivity index is 2.38. The Kier molecular flexibility index (Phi) is 3.24. The van der Waals surface area contributed by atoms with Gasteiger partial charge >= 0.3 is 12.1 Å². The molecule has 1 amide bonds. The van der Waals surface area contributed by atoms with Gasteiger partial charge in [0.25, 0.3) is 0 Å². The van der Waals surface area contributed by atoms with E-state index in [1.54, 1.807) is 6.92 Å². The van der Waals surface area contributed by atoms with Crippen molar-refractivity contribution in [3.05, 3.63) is 0 Å². The number of carbonyl (C=O) groups is 2. The number of ether oxygens (including phenoxy) is 2. The highest BCUT2D eigenvalue weighted by atomic mass is 16.6. The van der Waals surface area contributed by atoms with Crippen LogP contribution in [0.5, 0.6) is 0 Å². The Hall–Kier alpha value is -1.59. The lowest BCUT2D eigenvalue weighted by atomic mass is 10.7. The standard InChI is InChI=1S/C7H10N2O4/c1-2-12-6(10)5-8-9-3-4-13-7(9)11/h5H,2-4H2,1H3/b8-5+. The molecule has 0 atom stereocenters. The maximum absolute atomic E-state index is 10.8. The Morgan fingerprint density at radius 2 is 2.62 bits per heavy atom. The second kappa shape index (κ2) is 4.44. The Labute approximate surface area is 75.1 Å². The molecule has 1 rings (SSSR count). The fourth-order valence-corrected chi connectivity index (χ4v) is 0.786. The first kappa shape index (κ1) is 9.50. The Bertz CT molecular complexity index is 239. The molecule has 1 saturated heterocycles. The first-order valence-corrected chi connectivity index (χ1v) is 3.89. The van der Waals surface area contributed by atoms with Crippen molar-refractivity contribution in [3.63, 3.8) is 0 Å². The number of nitrogens with zero attached hydrogens (tertiary/aromatic N) is 2. The predicted molar refractivity (Wildman–Crippen MR) is 43.2 cm³/mol. The van der Waals surface area contributed by atoms with E-state index in [4.69, 9.17) is 0 Å². The van der Waals surface area contributed by atoms with E-state index in [9.17, 15) is 9.59 Å². The number of hydrogen-bond donors (Lipinski definition) is 0. The van der Waals surface area contributed by atoms with E-state index >= 15 is 0 Å². The highest BCUT2D eigenvalue weighted by molar-refractivity contribution is 6.23. The lowest BCUT2D eigenvalue weighted by Gasteiger charge is -2.02. The first-order chi connectivity index (χ1) is 6.24. The summed E-state index contributed by atoms with van der Waals surface area (Å²) in [5.74, 6) is -0.567. The molecule has 6 heteroatoms. The average molecular weight is 186 g/mol. The van der Waals surface area contributed by atoms with Gasteiger partial charge in [0.1, 0.15) is 12.8 Å². The molecule has 1 fully saturated rings. The van der Waals surface area contributed by atoms with Gasteiger partial charge < -0.3 is 9.47 Å². The van der Waals surface area contributed by atoms with Gasteiger partial charge in [0.05, 0.1) is 13.2 Å². The molecule has 0 saturated carbocycles. The smallest absolute Gasteiger partial charge is 0.430 e. The number of hydrazone groups is 1. The molecule has 72 valence electrons. The van der Waals surface area contributed by atoms with Crippen molar-refractivity contribution >= 4 is 18.3 Å². The van der Waals surface area contributed by atoms with Crippen LogP contribution < -0.4 is 0 Å². The summed E-state index contributed by atoms with van der Waals surface area (Å²) in [6, 6.07) is 0. The Morgan fingerprint density at radius 1 is 1.85 bits per heavy atom. The van der Waals surface area contributed by atoms with Crippen LogP contribution in [0.15, 0.2) is 5.10 Å². The minimum absolute atomic E-state index is 0.287. The molecule has 6 nitrogen and oxygen atoms in total. The zero-order valence-corrected chi connectivity index (χ0v) is 7.23. The molecule has 0 radical (unpaired) electrons. The third-order valence-corrected chi connectivity index (χ3v) is 1.33. The van der Waals surface area contributed by atoms with Gasteiger partial charge in [-0.1, -0.05) is 0 Å². The van der Waals surface area contributed by atoms with Crippen molar-refractivity contribution in [2.24, 2.45) is 5.10 Å². The van der Waals surface area contributed by atoms with Gasteiger partial charge in [0.15, 0.2) is 0 Å². The lowest BCUT2D eigenvalue weighted by Crippen LogP contribution is -2.19. The molecule has 1 heterocycles. The molecule has 0 unspecified atom stereocenters. The first-order valence-electron chi connectivity index (χ1n) is 3.89. The molecule has 0 aromatic rings. The lowest BCUT2D eigenvalue weighted by molar-refractivity contribution is -0.134. The summed E-state index contributed by atoms with van der Waals surface area (Å²) in [7, 11) is 0. The number of carbonyl (C=O) groups excluding carboxylic acids is 2. The normalized spacial score (nSPS) is 16.4. The van der Waals surface area contributed by atoms with Crippen molar-refractivity contribution in [1.82, 2.24) is 5.01 Å². The molecule has 0 aliphatic carbocycles. The minimum Gasteiger partial charge on any atom is -0.462 e. The third-order valence-electron chi connectivity index (χ3n) is 1.33. The van der Waals surface area contributed by atoms with E-state index in [1.807, 2.05) is 0 Å².